The van der Waals surface area contributed by atoms with Crippen LogP contribution in [0.1, 0.15) is 39.1 Å². The van der Waals surface area contributed by atoms with Crippen molar-refractivity contribution in [1.82, 2.24) is 15.5 Å². The molecule has 1 aliphatic rings. The number of nitrogens with zero attached hydrogens (tertiary/aromatic N) is 3. The standard InChI is InChI=1S/C12H22N4OS/c1-4-5-13-10(3)11-14-15-12(17-11)16-6-7-18-8-9(16)2/h9-10,13H,4-8H2,1-3H3. The first-order valence-corrected chi connectivity index (χ1v) is 7.79. The van der Waals surface area contributed by atoms with Gasteiger partial charge in [0.05, 0.1) is 6.04 Å². The Labute approximate surface area is 113 Å². The number of thioether (sulfide) groups is 1. The van der Waals surface area contributed by atoms with Gasteiger partial charge in [-0.15, -0.1) is 5.10 Å². The summed E-state index contributed by atoms with van der Waals surface area (Å²) in [4.78, 5) is 2.21. The fraction of sp³-hybridized carbons (Fsp3) is 0.833. The summed E-state index contributed by atoms with van der Waals surface area (Å²) in [6.07, 6.45) is 1.10. The Balaban J connectivity index is 2.00. The van der Waals surface area contributed by atoms with Crippen molar-refractivity contribution in [2.75, 3.05) is 29.5 Å². The first-order chi connectivity index (χ1) is 8.72. The van der Waals surface area contributed by atoms with Gasteiger partial charge in [0, 0.05) is 24.1 Å². The zero-order chi connectivity index (χ0) is 13.0. The molecule has 5 nitrogen and oxygen atoms in total. The third kappa shape index (κ3) is 3.17. The van der Waals surface area contributed by atoms with Crippen LogP contribution in [-0.4, -0.2) is 40.8 Å². The van der Waals surface area contributed by atoms with Gasteiger partial charge in [-0.2, -0.15) is 11.8 Å². The molecule has 18 heavy (non-hydrogen) atoms. The molecule has 0 bridgehead atoms. The van der Waals surface area contributed by atoms with Crippen LogP contribution in [0.2, 0.25) is 0 Å². The van der Waals surface area contributed by atoms with Gasteiger partial charge in [-0.1, -0.05) is 12.0 Å². The van der Waals surface area contributed by atoms with Crippen LogP contribution in [0, 0.1) is 0 Å². The fourth-order valence-corrected chi connectivity index (χ4v) is 2.99. The predicted molar refractivity (Wildman–Crippen MR) is 75.1 cm³/mol. The predicted octanol–water partition coefficient (Wildman–Crippen LogP) is 2.07. The number of hydrogen-bond acceptors (Lipinski definition) is 6. The summed E-state index contributed by atoms with van der Waals surface area (Å²) >= 11 is 1.98. The Kier molecular flexibility index (Phi) is 4.88. The lowest BCUT2D eigenvalue weighted by Gasteiger charge is -2.31. The van der Waals surface area contributed by atoms with Crippen molar-refractivity contribution in [3.05, 3.63) is 5.89 Å². The summed E-state index contributed by atoms with van der Waals surface area (Å²) in [5.41, 5.74) is 0. The zero-order valence-corrected chi connectivity index (χ0v) is 12.2. The van der Waals surface area contributed by atoms with Crippen LogP contribution in [0.3, 0.4) is 0 Å². The monoisotopic (exact) mass is 270 g/mol. The highest BCUT2D eigenvalue weighted by atomic mass is 32.2. The number of nitrogens with one attached hydrogen (secondary N) is 1. The third-order valence-corrected chi connectivity index (χ3v) is 4.30. The summed E-state index contributed by atoms with van der Waals surface area (Å²) in [6, 6.07) is 1.26. The van der Waals surface area contributed by atoms with E-state index in [-0.39, 0.29) is 6.04 Å². The van der Waals surface area contributed by atoms with E-state index in [0.717, 1.165) is 31.0 Å². The molecule has 0 saturated carbocycles. The van der Waals surface area contributed by atoms with Crippen LogP contribution in [0.5, 0.6) is 0 Å². The van der Waals surface area contributed by atoms with E-state index in [4.69, 9.17) is 4.42 Å². The number of rotatable bonds is 5. The topological polar surface area (TPSA) is 54.2 Å². The molecule has 0 aromatic carbocycles. The van der Waals surface area contributed by atoms with Gasteiger partial charge in [-0.25, -0.2) is 0 Å². The number of aromatic nitrogens is 2. The van der Waals surface area contributed by atoms with Gasteiger partial charge in [0.2, 0.25) is 5.89 Å². The van der Waals surface area contributed by atoms with Crippen LogP contribution in [-0.2, 0) is 0 Å². The Bertz CT molecular complexity index is 371. The molecule has 2 atom stereocenters. The second kappa shape index (κ2) is 6.43. The van der Waals surface area contributed by atoms with E-state index < -0.39 is 0 Å². The SMILES string of the molecule is CCCNC(C)c1nnc(N2CCSCC2C)o1. The zero-order valence-electron chi connectivity index (χ0n) is 11.3. The highest BCUT2D eigenvalue weighted by Crippen LogP contribution is 2.24. The second-order valence-electron chi connectivity index (χ2n) is 4.72. The van der Waals surface area contributed by atoms with E-state index >= 15 is 0 Å². The lowest BCUT2D eigenvalue weighted by molar-refractivity contribution is 0.410. The summed E-state index contributed by atoms with van der Waals surface area (Å²) in [5, 5.41) is 11.7. The van der Waals surface area contributed by atoms with Crippen LogP contribution in [0.15, 0.2) is 4.42 Å². The summed E-state index contributed by atoms with van der Waals surface area (Å²) < 4.78 is 5.78. The molecule has 1 N–H and O–H groups in total. The van der Waals surface area contributed by atoms with E-state index in [2.05, 4.69) is 41.2 Å². The van der Waals surface area contributed by atoms with Crippen LogP contribution >= 0.6 is 11.8 Å². The fourth-order valence-electron chi connectivity index (χ4n) is 1.98. The van der Waals surface area contributed by atoms with Crippen molar-refractivity contribution in [3.63, 3.8) is 0 Å². The number of hydrogen-bond donors (Lipinski definition) is 1. The number of anilines is 1. The molecule has 2 rings (SSSR count). The quantitative estimate of drug-likeness (QED) is 0.884. The molecule has 0 radical (unpaired) electrons. The summed E-state index contributed by atoms with van der Waals surface area (Å²) in [6.45, 7) is 8.36. The van der Waals surface area contributed by atoms with Gasteiger partial charge >= 0.3 is 6.01 Å². The van der Waals surface area contributed by atoms with Crippen LogP contribution < -0.4 is 10.2 Å². The van der Waals surface area contributed by atoms with Crippen molar-refractivity contribution >= 4 is 17.8 Å². The van der Waals surface area contributed by atoms with Crippen LogP contribution in [0.25, 0.3) is 0 Å². The highest BCUT2D eigenvalue weighted by molar-refractivity contribution is 7.99. The maximum atomic E-state index is 5.78. The molecular formula is C12H22N4OS. The van der Waals surface area contributed by atoms with Crippen molar-refractivity contribution in [2.24, 2.45) is 0 Å². The lowest BCUT2D eigenvalue weighted by Crippen LogP contribution is -2.40. The summed E-state index contributed by atoms with van der Waals surface area (Å²) in [7, 11) is 0. The minimum atomic E-state index is 0.126. The molecule has 6 heteroatoms. The van der Waals surface area contributed by atoms with Gasteiger partial charge in [-0.05, 0) is 26.8 Å². The molecular weight excluding hydrogens is 248 g/mol. The van der Waals surface area contributed by atoms with Gasteiger partial charge < -0.3 is 14.6 Å². The molecule has 0 spiro atoms. The van der Waals surface area contributed by atoms with Gasteiger partial charge in [0.15, 0.2) is 0 Å². The largest absolute Gasteiger partial charge is 0.406 e. The van der Waals surface area contributed by atoms with Crippen molar-refractivity contribution in [2.45, 2.75) is 39.3 Å². The molecule has 1 fully saturated rings. The molecule has 1 saturated heterocycles. The first-order valence-electron chi connectivity index (χ1n) is 6.63. The molecule has 0 aliphatic carbocycles. The minimum Gasteiger partial charge on any atom is -0.406 e. The van der Waals surface area contributed by atoms with Crippen molar-refractivity contribution in [3.8, 4) is 0 Å². The molecule has 1 aromatic rings. The highest BCUT2D eigenvalue weighted by Gasteiger charge is 2.24. The Morgan fingerprint density at radius 2 is 2.39 bits per heavy atom. The van der Waals surface area contributed by atoms with E-state index in [0.29, 0.717) is 17.9 Å². The van der Waals surface area contributed by atoms with Crippen molar-refractivity contribution in [1.29, 1.82) is 0 Å². The van der Waals surface area contributed by atoms with Crippen molar-refractivity contribution < 1.29 is 4.42 Å². The molecule has 1 aliphatic heterocycles. The molecule has 1 aromatic heterocycles. The minimum absolute atomic E-state index is 0.126. The van der Waals surface area contributed by atoms with E-state index in [9.17, 15) is 0 Å². The molecule has 0 amide bonds. The maximum absolute atomic E-state index is 5.78. The Morgan fingerprint density at radius 3 is 3.11 bits per heavy atom. The average Bonchev–Trinajstić information content (AvgIpc) is 2.86. The average molecular weight is 270 g/mol. The third-order valence-electron chi connectivity index (χ3n) is 3.11. The maximum Gasteiger partial charge on any atom is 0.318 e. The lowest BCUT2D eigenvalue weighted by atomic mass is 10.3. The normalized spacial score (nSPS) is 22.2. The Hall–Kier alpha value is -0.750. The van der Waals surface area contributed by atoms with E-state index in [1.165, 1.54) is 0 Å². The second-order valence-corrected chi connectivity index (χ2v) is 5.87. The molecule has 2 unspecified atom stereocenters. The van der Waals surface area contributed by atoms with E-state index in [1.807, 2.05) is 11.8 Å². The smallest absolute Gasteiger partial charge is 0.318 e. The summed E-state index contributed by atoms with van der Waals surface area (Å²) in [5.74, 6) is 2.94. The van der Waals surface area contributed by atoms with E-state index in [1.54, 1.807) is 0 Å². The van der Waals surface area contributed by atoms with Gasteiger partial charge in [-0.3, -0.25) is 0 Å². The Morgan fingerprint density at radius 1 is 1.56 bits per heavy atom. The first kappa shape index (κ1) is 13.7. The molecule has 102 valence electrons. The molecule has 2 heterocycles. The van der Waals surface area contributed by atoms with Crippen LogP contribution in [0.4, 0.5) is 6.01 Å². The van der Waals surface area contributed by atoms with Gasteiger partial charge in [0.1, 0.15) is 0 Å². The van der Waals surface area contributed by atoms with Gasteiger partial charge in [0.25, 0.3) is 0 Å².